The number of anilines is 1. The third-order valence-electron chi connectivity index (χ3n) is 2.68. The zero-order valence-corrected chi connectivity index (χ0v) is 11.7. The van der Waals surface area contributed by atoms with E-state index in [0.29, 0.717) is 0 Å². The summed E-state index contributed by atoms with van der Waals surface area (Å²) >= 11 is 6.24. The van der Waals surface area contributed by atoms with Gasteiger partial charge in [-0.25, -0.2) is 4.39 Å². The summed E-state index contributed by atoms with van der Waals surface area (Å²) in [6, 6.07) is 5.84. The summed E-state index contributed by atoms with van der Waals surface area (Å²) in [5.74, 6) is 0.176. The Kier molecular flexibility index (Phi) is 4.24. The van der Waals surface area contributed by atoms with Gasteiger partial charge in [0.05, 0.1) is 20.3 Å². The Labute approximate surface area is 120 Å². The second-order valence-electron chi connectivity index (χ2n) is 3.92. The molecule has 0 amide bonds. The maximum atomic E-state index is 13.9. The minimum atomic E-state index is -0.944. The number of nitrogens with two attached hydrogens (primary N) is 1. The van der Waals surface area contributed by atoms with Crippen molar-refractivity contribution in [2.24, 2.45) is 0 Å². The van der Waals surface area contributed by atoms with Crippen LogP contribution in [0.15, 0.2) is 24.3 Å². The van der Waals surface area contributed by atoms with Crippen LogP contribution in [0.4, 0.5) is 10.1 Å². The van der Waals surface area contributed by atoms with Crippen LogP contribution >= 0.6 is 11.6 Å². The number of nitrogen functional groups attached to an aromatic ring is 1. The highest BCUT2D eigenvalue weighted by Gasteiger charge is 2.22. The standard InChI is InChI=1S/C13H13ClFN3O2/c1-19-9-6-10(20-2)18-13(17-9)12(14)11-7(15)4-3-5-8(11)16/h3-6,12H,16H2,1-2H3. The fourth-order valence-corrected chi connectivity index (χ4v) is 2.02. The fourth-order valence-electron chi connectivity index (χ4n) is 1.69. The van der Waals surface area contributed by atoms with Gasteiger partial charge in [0.15, 0.2) is 5.82 Å². The average molecular weight is 298 g/mol. The smallest absolute Gasteiger partial charge is 0.220 e. The van der Waals surface area contributed by atoms with Crippen LogP contribution in [0, 0.1) is 5.82 Å². The largest absolute Gasteiger partial charge is 0.481 e. The first-order valence-corrected chi connectivity index (χ1v) is 6.15. The van der Waals surface area contributed by atoms with Crippen molar-refractivity contribution in [2.45, 2.75) is 5.38 Å². The number of nitrogens with zero attached hydrogens (tertiary/aromatic N) is 2. The lowest BCUT2D eigenvalue weighted by Gasteiger charge is -2.13. The molecular weight excluding hydrogens is 285 g/mol. The van der Waals surface area contributed by atoms with Crippen LogP contribution in [0.2, 0.25) is 0 Å². The highest BCUT2D eigenvalue weighted by molar-refractivity contribution is 6.22. The molecule has 0 saturated carbocycles. The number of rotatable bonds is 4. The Bertz CT molecular complexity index is 582. The molecule has 0 aliphatic heterocycles. The number of ether oxygens (including phenoxy) is 2. The van der Waals surface area contributed by atoms with Gasteiger partial charge in [-0.3, -0.25) is 0 Å². The van der Waals surface area contributed by atoms with E-state index < -0.39 is 11.2 Å². The first-order valence-electron chi connectivity index (χ1n) is 5.71. The van der Waals surface area contributed by atoms with Gasteiger partial charge in [-0.2, -0.15) is 9.97 Å². The molecule has 1 unspecified atom stereocenters. The van der Waals surface area contributed by atoms with E-state index in [2.05, 4.69) is 9.97 Å². The predicted molar refractivity (Wildman–Crippen MR) is 73.6 cm³/mol. The normalized spacial score (nSPS) is 12.0. The van der Waals surface area contributed by atoms with Crippen LogP contribution in [0.5, 0.6) is 11.8 Å². The van der Waals surface area contributed by atoms with Crippen molar-refractivity contribution < 1.29 is 13.9 Å². The highest BCUT2D eigenvalue weighted by atomic mass is 35.5. The first kappa shape index (κ1) is 14.3. The van der Waals surface area contributed by atoms with Crippen molar-refractivity contribution in [3.8, 4) is 11.8 Å². The summed E-state index contributed by atoms with van der Waals surface area (Å²) in [6.07, 6.45) is 0. The van der Waals surface area contributed by atoms with E-state index in [-0.39, 0.29) is 28.8 Å². The first-order chi connectivity index (χ1) is 9.56. The monoisotopic (exact) mass is 297 g/mol. The summed E-state index contributed by atoms with van der Waals surface area (Å²) in [4.78, 5) is 8.18. The lowest BCUT2D eigenvalue weighted by Crippen LogP contribution is -2.07. The second-order valence-corrected chi connectivity index (χ2v) is 4.35. The number of hydrogen-bond acceptors (Lipinski definition) is 5. The molecule has 0 radical (unpaired) electrons. The van der Waals surface area contributed by atoms with Crippen molar-refractivity contribution in [1.29, 1.82) is 0 Å². The van der Waals surface area contributed by atoms with Gasteiger partial charge in [0.1, 0.15) is 11.2 Å². The van der Waals surface area contributed by atoms with E-state index in [1.807, 2.05) is 0 Å². The Morgan fingerprint density at radius 1 is 1.20 bits per heavy atom. The van der Waals surface area contributed by atoms with Gasteiger partial charge in [0, 0.05) is 11.3 Å². The van der Waals surface area contributed by atoms with Crippen molar-refractivity contribution in [3.63, 3.8) is 0 Å². The Balaban J connectivity index is 2.50. The summed E-state index contributed by atoms with van der Waals surface area (Å²) < 4.78 is 23.9. The van der Waals surface area contributed by atoms with Gasteiger partial charge >= 0.3 is 0 Å². The zero-order valence-electron chi connectivity index (χ0n) is 10.9. The predicted octanol–water partition coefficient (Wildman–Crippen LogP) is 2.54. The number of alkyl halides is 1. The second kappa shape index (κ2) is 5.92. The molecule has 0 saturated heterocycles. The molecule has 0 spiro atoms. The minimum absolute atomic E-state index is 0.129. The molecule has 106 valence electrons. The molecule has 2 aromatic rings. The average Bonchev–Trinajstić information content (AvgIpc) is 2.46. The Hall–Kier alpha value is -2.08. The van der Waals surface area contributed by atoms with Gasteiger partial charge in [-0.15, -0.1) is 11.6 Å². The molecule has 7 heteroatoms. The topological polar surface area (TPSA) is 70.3 Å². The molecule has 0 aliphatic carbocycles. The molecule has 2 N–H and O–H groups in total. The quantitative estimate of drug-likeness (QED) is 0.693. The summed E-state index contributed by atoms with van der Waals surface area (Å²) in [5, 5.41) is -0.944. The third kappa shape index (κ3) is 2.75. The molecule has 0 aliphatic rings. The van der Waals surface area contributed by atoms with Crippen LogP contribution in [0.1, 0.15) is 16.8 Å². The molecule has 1 heterocycles. The van der Waals surface area contributed by atoms with E-state index in [1.54, 1.807) is 6.07 Å². The Morgan fingerprint density at radius 2 is 1.80 bits per heavy atom. The lowest BCUT2D eigenvalue weighted by atomic mass is 10.1. The van der Waals surface area contributed by atoms with E-state index in [0.717, 1.165) is 0 Å². The van der Waals surface area contributed by atoms with Crippen LogP contribution < -0.4 is 15.2 Å². The number of aromatic nitrogens is 2. The van der Waals surface area contributed by atoms with E-state index in [1.165, 1.54) is 32.4 Å². The van der Waals surface area contributed by atoms with Crippen molar-refractivity contribution >= 4 is 17.3 Å². The van der Waals surface area contributed by atoms with E-state index in [4.69, 9.17) is 26.8 Å². The molecule has 5 nitrogen and oxygen atoms in total. The molecular formula is C13H13ClFN3O2. The lowest BCUT2D eigenvalue weighted by molar-refractivity contribution is 0.368. The highest BCUT2D eigenvalue weighted by Crippen LogP contribution is 2.34. The van der Waals surface area contributed by atoms with Crippen LogP contribution in [-0.2, 0) is 0 Å². The van der Waals surface area contributed by atoms with Gasteiger partial charge in [-0.1, -0.05) is 6.07 Å². The van der Waals surface area contributed by atoms with Gasteiger partial charge in [-0.05, 0) is 12.1 Å². The van der Waals surface area contributed by atoms with Gasteiger partial charge in [0.25, 0.3) is 0 Å². The summed E-state index contributed by atoms with van der Waals surface area (Å²) in [5.41, 5.74) is 6.12. The molecule has 2 rings (SSSR count). The van der Waals surface area contributed by atoms with Gasteiger partial charge in [0.2, 0.25) is 11.8 Å². The maximum Gasteiger partial charge on any atom is 0.220 e. The molecule has 0 bridgehead atoms. The SMILES string of the molecule is COc1cc(OC)nc(C(Cl)c2c(N)cccc2F)n1. The zero-order chi connectivity index (χ0) is 14.7. The summed E-state index contributed by atoms with van der Waals surface area (Å²) in [7, 11) is 2.90. The van der Waals surface area contributed by atoms with Crippen molar-refractivity contribution in [1.82, 2.24) is 9.97 Å². The number of halogens is 2. The van der Waals surface area contributed by atoms with Crippen LogP contribution in [0.25, 0.3) is 0 Å². The molecule has 0 fully saturated rings. The Morgan fingerprint density at radius 3 is 2.30 bits per heavy atom. The van der Waals surface area contributed by atoms with E-state index >= 15 is 0 Å². The van der Waals surface area contributed by atoms with Gasteiger partial charge < -0.3 is 15.2 Å². The van der Waals surface area contributed by atoms with Crippen molar-refractivity contribution in [2.75, 3.05) is 20.0 Å². The van der Waals surface area contributed by atoms with E-state index in [9.17, 15) is 4.39 Å². The van der Waals surface area contributed by atoms with Crippen LogP contribution in [-0.4, -0.2) is 24.2 Å². The molecule has 1 aromatic heterocycles. The number of methoxy groups -OCH3 is 2. The number of hydrogen-bond donors (Lipinski definition) is 1. The fraction of sp³-hybridized carbons (Fsp3) is 0.231. The van der Waals surface area contributed by atoms with Crippen molar-refractivity contribution in [3.05, 3.63) is 41.5 Å². The molecule has 20 heavy (non-hydrogen) atoms. The third-order valence-corrected chi connectivity index (χ3v) is 3.09. The molecule has 1 aromatic carbocycles. The molecule has 1 atom stereocenters. The van der Waals surface area contributed by atoms with Crippen LogP contribution in [0.3, 0.4) is 0 Å². The number of benzene rings is 1. The summed E-state index contributed by atoms with van der Waals surface area (Å²) in [6.45, 7) is 0. The maximum absolute atomic E-state index is 13.9. The minimum Gasteiger partial charge on any atom is -0.481 e.